The zero-order valence-corrected chi connectivity index (χ0v) is 12.3. The lowest BCUT2D eigenvalue weighted by atomic mass is 10.2. The average Bonchev–Trinajstić information content (AvgIpc) is 2.48. The molecule has 0 saturated carbocycles. The molecule has 2 rings (SSSR count). The number of hydrogen-bond donors (Lipinski definition) is 1. The molecule has 0 aliphatic heterocycles. The van der Waals surface area contributed by atoms with Crippen LogP contribution in [0.4, 0.5) is 4.39 Å². The molecule has 0 spiro atoms. The van der Waals surface area contributed by atoms with Crippen LogP contribution in [0, 0.1) is 5.82 Å². The molecule has 0 unspecified atom stereocenters. The van der Waals surface area contributed by atoms with E-state index < -0.39 is 0 Å². The summed E-state index contributed by atoms with van der Waals surface area (Å²) in [6, 6.07) is 10.6. The van der Waals surface area contributed by atoms with Gasteiger partial charge in [-0.1, -0.05) is 13.0 Å². The quantitative estimate of drug-likeness (QED) is 0.756. The van der Waals surface area contributed by atoms with Crippen molar-refractivity contribution in [3.8, 4) is 5.75 Å². The Bertz CT molecular complexity index is 546. The smallest absolute Gasteiger partial charge is 0.127 e. The van der Waals surface area contributed by atoms with Crippen molar-refractivity contribution in [2.45, 2.75) is 26.3 Å². The van der Waals surface area contributed by atoms with Crippen LogP contribution in [-0.4, -0.2) is 18.1 Å². The van der Waals surface area contributed by atoms with Gasteiger partial charge in [0.2, 0.25) is 0 Å². The van der Waals surface area contributed by atoms with Crippen LogP contribution in [0.15, 0.2) is 42.6 Å². The molecule has 0 fully saturated rings. The van der Waals surface area contributed by atoms with Crippen molar-refractivity contribution in [2.75, 3.05) is 13.2 Å². The van der Waals surface area contributed by atoms with Gasteiger partial charge in [-0.2, -0.15) is 0 Å². The van der Waals surface area contributed by atoms with E-state index in [1.165, 1.54) is 12.1 Å². The summed E-state index contributed by atoms with van der Waals surface area (Å²) in [6.07, 6.45) is 3.53. The van der Waals surface area contributed by atoms with Crippen LogP contribution < -0.4 is 10.1 Å². The normalized spacial score (nSPS) is 10.6. The van der Waals surface area contributed by atoms with Gasteiger partial charge in [0.15, 0.2) is 0 Å². The standard InChI is InChI=1S/C17H21FN2O/c1-2-7-19-13-14-10-15(18)12-17(11-14)21-9-6-16-5-3-4-8-20-16/h3-5,8,10-12,19H,2,6-7,9,13H2,1H3. The highest BCUT2D eigenvalue weighted by Crippen LogP contribution is 2.16. The Hall–Kier alpha value is -1.94. The fourth-order valence-electron chi connectivity index (χ4n) is 2.04. The number of nitrogens with zero attached hydrogens (tertiary/aromatic N) is 1. The fourth-order valence-corrected chi connectivity index (χ4v) is 2.04. The molecule has 0 bridgehead atoms. The monoisotopic (exact) mass is 288 g/mol. The third-order valence-electron chi connectivity index (χ3n) is 3.04. The summed E-state index contributed by atoms with van der Waals surface area (Å²) in [5.74, 6) is 0.304. The summed E-state index contributed by atoms with van der Waals surface area (Å²) in [4.78, 5) is 4.23. The molecule has 0 aliphatic carbocycles. The average molecular weight is 288 g/mol. The Morgan fingerprint density at radius 2 is 2.14 bits per heavy atom. The SMILES string of the molecule is CCCNCc1cc(F)cc(OCCc2ccccn2)c1. The van der Waals surface area contributed by atoms with Gasteiger partial charge < -0.3 is 10.1 Å². The number of benzene rings is 1. The van der Waals surface area contributed by atoms with Gasteiger partial charge >= 0.3 is 0 Å². The maximum absolute atomic E-state index is 13.6. The highest BCUT2D eigenvalue weighted by atomic mass is 19.1. The summed E-state index contributed by atoms with van der Waals surface area (Å²) in [5, 5.41) is 3.26. The number of nitrogens with one attached hydrogen (secondary N) is 1. The zero-order chi connectivity index (χ0) is 14.9. The van der Waals surface area contributed by atoms with Crippen LogP contribution in [0.5, 0.6) is 5.75 Å². The summed E-state index contributed by atoms with van der Waals surface area (Å²) in [7, 11) is 0. The van der Waals surface area contributed by atoms with Crippen LogP contribution in [0.3, 0.4) is 0 Å². The van der Waals surface area contributed by atoms with E-state index in [0.717, 1.165) is 24.2 Å². The van der Waals surface area contributed by atoms with Gasteiger partial charge in [0.05, 0.1) is 6.61 Å². The molecule has 2 aromatic rings. The van der Waals surface area contributed by atoms with Crippen molar-refractivity contribution < 1.29 is 9.13 Å². The summed E-state index contributed by atoms with van der Waals surface area (Å²) in [6.45, 7) is 4.17. The van der Waals surface area contributed by atoms with E-state index in [-0.39, 0.29) is 5.82 Å². The number of ether oxygens (including phenoxy) is 1. The van der Waals surface area contributed by atoms with E-state index in [1.54, 1.807) is 6.20 Å². The number of hydrogen-bond acceptors (Lipinski definition) is 3. The third kappa shape index (κ3) is 5.52. The Morgan fingerprint density at radius 3 is 2.90 bits per heavy atom. The molecule has 1 heterocycles. The van der Waals surface area contributed by atoms with Gasteiger partial charge in [0.25, 0.3) is 0 Å². The molecule has 3 nitrogen and oxygen atoms in total. The summed E-state index contributed by atoms with van der Waals surface area (Å²) < 4.78 is 19.2. The number of pyridine rings is 1. The minimum absolute atomic E-state index is 0.265. The van der Waals surface area contributed by atoms with Gasteiger partial charge in [-0.15, -0.1) is 0 Å². The number of rotatable bonds is 8. The minimum Gasteiger partial charge on any atom is -0.493 e. The van der Waals surface area contributed by atoms with Crippen LogP contribution in [0.25, 0.3) is 0 Å². The highest BCUT2D eigenvalue weighted by molar-refractivity contribution is 5.29. The lowest BCUT2D eigenvalue weighted by Crippen LogP contribution is -2.14. The first-order chi connectivity index (χ1) is 10.3. The largest absolute Gasteiger partial charge is 0.493 e. The molecule has 0 radical (unpaired) electrons. The fraction of sp³-hybridized carbons (Fsp3) is 0.353. The lowest BCUT2D eigenvalue weighted by molar-refractivity contribution is 0.318. The number of aromatic nitrogens is 1. The second-order valence-electron chi connectivity index (χ2n) is 4.89. The van der Waals surface area contributed by atoms with Crippen molar-refractivity contribution in [2.24, 2.45) is 0 Å². The second-order valence-corrected chi connectivity index (χ2v) is 4.89. The number of halogens is 1. The second kappa shape index (κ2) is 8.37. The van der Waals surface area contributed by atoms with E-state index >= 15 is 0 Å². The van der Waals surface area contributed by atoms with Crippen LogP contribution in [-0.2, 0) is 13.0 Å². The van der Waals surface area contributed by atoms with E-state index in [1.807, 2.05) is 24.3 Å². The molecule has 0 saturated heterocycles. The van der Waals surface area contributed by atoms with Crippen molar-refractivity contribution >= 4 is 0 Å². The molecular formula is C17H21FN2O. The Labute approximate surface area is 125 Å². The Balaban J connectivity index is 1.87. The van der Waals surface area contributed by atoms with Gasteiger partial charge in [0.1, 0.15) is 11.6 Å². The molecule has 112 valence electrons. The lowest BCUT2D eigenvalue weighted by Gasteiger charge is -2.09. The predicted molar refractivity (Wildman–Crippen MR) is 81.8 cm³/mol. The molecule has 0 atom stereocenters. The third-order valence-corrected chi connectivity index (χ3v) is 3.04. The van der Waals surface area contributed by atoms with Gasteiger partial charge in [-0.05, 0) is 42.8 Å². The first kappa shape index (κ1) is 15.4. The van der Waals surface area contributed by atoms with Gasteiger partial charge in [-0.25, -0.2) is 4.39 Å². The minimum atomic E-state index is -0.265. The van der Waals surface area contributed by atoms with Crippen LogP contribution in [0.1, 0.15) is 24.6 Å². The molecule has 4 heteroatoms. The Morgan fingerprint density at radius 1 is 1.24 bits per heavy atom. The van der Waals surface area contributed by atoms with Gasteiger partial charge in [-0.3, -0.25) is 4.98 Å². The topological polar surface area (TPSA) is 34.1 Å². The van der Waals surface area contributed by atoms with Crippen LogP contribution >= 0.6 is 0 Å². The van der Waals surface area contributed by atoms with Crippen molar-refractivity contribution in [1.29, 1.82) is 0 Å². The molecule has 0 amide bonds. The molecule has 21 heavy (non-hydrogen) atoms. The van der Waals surface area contributed by atoms with E-state index in [4.69, 9.17) is 4.74 Å². The highest BCUT2D eigenvalue weighted by Gasteiger charge is 2.02. The van der Waals surface area contributed by atoms with Crippen molar-refractivity contribution in [1.82, 2.24) is 10.3 Å². The zero-order valence-electron chi connectivity index (χ0n) is 12.3. The molecule has 0 aliphatic rings. The predicted octanol–water partition coefficient (Wildman–Crippen LogP) is 3.34. The van der Waals surface area contributed by atoms with E-state index in [2.05, 4.69) is 17.2 Å². The first-order valence-electron chi connectivity index (χ1n) is 7.31. The maximum Gasteiger partial charge on any atom is 0.127 e. The Kier molecular flexibility index (Phi) is 6.16. The van der Waals surface area contributed by atoms with E-state index in [0.29, 0.717) is 25.3 Å². The molecular weight excluding hydrogens is 267 g/mol. The van der Waals surface area contributed by atoms with E-state index in [9.17, 15) is 4.39 Å². The van der Waals surface area contributed by atoms with Crippen LogP contribution in [0.2, 0.25) is 0 Å². The van der Waals surface area contributed by atoms with Crippen molar-refractivity contribution in [3.63, 3.8) is 0 Å². The maximum atomic E-state index is 13.6. The first-order valence-corrected chi connectivity index (χ1v) is 7.31. The van der Waals surface area contributed by atoms with Gasteiger partial charge in [0, 0.05) is 30.9 Å². The molecule has 1 aromatic heterocycles. The van der Waals surface area contributed by atoms with Crippen molar-refractivity contribution in [3.05, 3.63) is 59.7 Å². The molecule has 1 aromatic carbocycles. The molecule has 1 N–H and O–H groups in total. The summed E-state index contributed by atoms with van der Waals surface area (Å²) >= 11 is 0. The summed E-state index contributed by atoms with van der Waals surface area (Å²) in [5.41, 5.74) is 1.87.